The first kappa shape index (κ1) is 37.0. The van der Waals surface area contributed by atoms with Gasteiger partial charge in [-0.3, -0.25) is 9.59 Å². The number of carbonyl (C=O) groups is 2. The summed E-state index contributed by atoms with van der Waals surface area (Å²) in [6, 6.07) is 11.9. The Morgan fingerprint density at radius 1 is 0.707 bits per heavy atom. The largest absolute Gasteiger partial charge is 0.481 e. The highest BCUT2D eigenvalue weighted by Crippen LogP contribution is 2.42. The van der Waals surface area contributed by atoms with Gasteiger partial charge in [0.2, 0.25) is 5.91 Å². The minimum absolute atomic E-state index is 0.0737. The fraction of sp³-hybridized carbons (Fsp3) is 0.333. The first-order chi connectivity index (χ1) is 28.3. The van der Waals surface area contributed by atoms with Gasteiger partial charge < -0.3 is 25.5 Å². The number of anilines is 4. The van der Waals surface area contributed by atoms with Crippen LogP contribution in [-0.4, -0.2) is 99.1 Å². The first-order valence-electron chi connectivity index (χ1n) is 19.0. The number of amides is 1. The lowest BCUT2D eigenvalue weighted by Crippen LogP contribution is -2.49. The maximum absolute atomic E-state index is 13.1. The van der Waals surface area contributed by atoms with Gasteiger partial charge in [-0.05, 0) is 116 Å². The average Bonchev–Trinajstić information content (AvgIpc) is 4.05. The lowest BCUT2D eigenvalue weighted by Gasteiger charge is -2.35. The third-order valence-electron chi connectivity index (χ3n) is 11.2. The van der Waals surface area contributed by atoms with Crippen LogP contribution >= 0.6 is 45.7 Å². The van der Waals surface area contributed by atoms with Gasteiger partial charge in [0.15, 0.2) is 0 Å². The van der Waals surface area contributed by atoms with Crippen molar-refractivity contribution in [3.63, 3.8) is 0 Å². The normalized spacial score (nSPS) is 18.2. The Bertz CT molecular complexity index is 2840. The van der Waals surface area contributed by atoms with Gasteiger partial charge in [-0.15, -0.1) is 32.9 Å². The number of likely N-dealkylation sites (N-methyl/N-ethyl adjacent to an activating group) is 1. The van der Waals surface area contributed by atoms with Gasteiger partial charge in [0.1, 0.15) is 45.0 Å². The SMILES string of the molecule is CN1CCN(C(=O)[C@H]2CCc3c(sc4ncnc(Nc5ccc6nnsc6c5)c34)C2)CC1.O=C(O)[C@H]1CCc2c(sc3ncnc(Nc4ccc5nnsc5c4)c23)C1. The summed E-state index contributed by atoms with van der Waals surface area (Å²) < 4.78 is 10.0. The summed E-state index contributed by atoms with van der Waals surface area (Å²) in [6.07, 6.45) is 7.72. The molecule has 6 aromatic heterocycles. The summed E-state index contributed by atoms with van der Waals surface area (Å²) in [5.74, 6) is 0.957. The molecule has 0 unspecified atom stereocenters. The van der Waals surface area contributed by atoms with Crippen molar-refractivity contribution in [2.45, 2.75) is 38.5 Å². The number of carbonyl (C=O) groups excluding carboxylic acids is 1. The Morgan fingerprint density at radius 3 is 1.76 bits per heavy atom. The summed E-state index contributed by atoms with van der Waals surface area (Å²) in [7, 11) is 2.12. The second kappa shape index (κ2) is 15.4. The Balaban J connectivity index is 0.000000144. The fourth-order valence-corrected chi connectivity index (χ4v) is 11.8. The zero-order valence-corrected chi connectivity index (χ0v) is 34.5. The van der Waals surface area contributed by atoms with Crippen LogP contribution in [0.5, 0.6) is 0 Å². The quantitative estimate of drug-likeness (QED) is 0.156. The molecule has 1 fully saturated rings. The minimum Gasteiger partial charge on any atom is -0.481 e. The predicted molar refractivity (Wildman–Crippen MR) is 229 cm³/mol. The highest BCUT2D eigenvalue weighted by molar-refractivity contribution is 7.19. The molecule has 8 aromatic rings. The zero-order chi connectivity index (χ0) is 39.3. The molecule has 0 spiro atoms. The molecule has 1 amide bonds. The van der Waals surface area contributed by atoms with E-state index in [9.17, 15) is 14.7 Å². The number of nitrogens with zero attached hydrogens (tertiary/aromatic N) is 10. The van der Waals surface area contributed by atoms with Crippen LogP contribution in [-0.2, 0) is 35.3 Å². The molecule has 0 saturated carbocycles. The number of fused-ring (bicyclic) bond motifs is 8. The van der Waals surface area contributed by atoms with Crippen LogP contribution < -0.4 is 10.6 Å². The lowest BCUT2D eigenvalue weighted by molar-refractivity contribution is -0.142. The first-order valence-corrected chi connectivity index (χ1v) is 22.2. The molecule has 0 bridgehead atoms. The van der Waals surface area contributed by atoms with Crippen molar-refractivity contribution >= 4 is 121 Å². The standard InChI is InChI=1S/C22H23N7OS2.C17H13N5O2S2/c1-28-6-8-29(9-7-28)22(30)13-2-4-15-17(10-13)31-21-19(15)20(23-12-24-21)25-14-3-5-16-18(11-14)32-27-26-16;23-17(24)8-1-3-10-12(5-8)25-16-14(10)15(18-7-19-16)20-9-2-4-11-13(6-9)26-22-21-11/h3,5,11-13H,2,4,6-10H2,1H3,(H,23,24,25);2,4,6-8H,1,3,5H2,(H,23,24)(H,18,19,20)/t13-;8-/m00/s1. The molecule has 2 atom stereocenters. The van der Waals surface area contributed by atoms with E-state index < -0.39 is 5.97 Å². The van der Waals surface area contributed by atoms with Gasteiger partial charge in [0.25, 0.3) is 0 Å². The molecule has 2 aliphatic carbocycles. The number of hydrogen-bond donors (Lipinski definition) is 3. The molecule has 19 heteroatoms. The van der Waals surface area contributed by atoms with E-state index in [1.807, 2.05) is 30.3 Å². The van der Waals surface area contributed by atoms with E-state index in [1.165, 1.54) is 39.1 Å². The number of aliphatic carboxylic acids is 1. The van der Waals surface area contributed by atoms with Crippen molar-refractivity contribution in [2.75, 3.05) is 43.9 Å². The lowest BCUT2D eigenvalue weighted by atomic mass is 9.86. The molecule has 15 nitrogen and oxygen atoms in total. The summed E-state index contributed by atoms with van der Waals surface area (Å²) in [4.78, 5) is 51.0. The van der Waals surface area contributed by atoms with Crippen LogP contribution in [0, 0.1) is 11.8 Å². The van der Waals surface area contributed by atoms with Crippen LogP contribution in [0.4, 0.5) is 23.0 Å². The highest BCUT2D eigenvalue weighted by atomic mass is 32.1. The second-order valence-electron chi connectivity index (χ2n) is 14.8. The third-order valence-corrected chi connectivity index (χ3v) is 14.9. The molecule has 1 aliphatic heterocycles. The number of carboxylic acids is 1. The summed E-state index contributed by atoms with van der Waals surface area (Å²) in [6.45, 7) is 3.59. The molecular weight excluding hydrogens is 813 g/mol. The number of nitrogens with one attached hydrogen (secondary N) is 2. The number of hydrogen-bond acceptors (Lipinski definition) is 17. The average molecular weight is 849 g/mol. The maximum Gasteiger partial charge on any atom is 0.306 e. The van der Waals surface area contributed by atoms with E-state index in [2.05, 4.69) is 72.7 Å². The highest BCUT2D eigenvalue weighted by Gasteiger charge is 2.33. The topological polar surface area (TPSA) is 188 Å². The van der Waals surface area contributed by atoms with Crippen molar-refractivity contribution in [3.05, 3.63) is 69.9 Å². The van der Waals surface area contributed by atoms with Crippen LogP contribution in [0.2, 0.25) is 0 Å². The molecule has 2 aromatic carbocycles. The zero-order valence-electron chi connectivity index (χ0n) is 31.2. The number of aromatic nitrogens is 8. The molecular formula is C39H36N12O3S4. The van der Waals surface area contributed by atoms with Crippen molar-refractivity contribution < 1.29 is 14.7 Å². The third kappa shape index (κ3) is 7.10. The molecule has 3 aliphatic rings. The second-order valence-corrected chi connectivity index (χ2v) is 18.6. The van der Waals surface area contributed by atoms with Crippen LogP contribution in [0.3, 0.4) is 0 Å². The minimum atomic E-state index is -0.719. The number of piperazine rings is 1. The molecule has 294 valence electrons. The van der Waals surface area contributed by atoms with Gasteiger partial charge in [0, 0.05) is 53.2 Å². The Kier molecular flexibility index (Phi) is 9.84. The van der Waals surface area contributed by atoms with Gasteiger partial charge >= 0.3 is 5.97 Å². The maximum atomic E-state index is 13.1. The van der Waals surface area contributed by atoms with Crippen molar-refractivity contribution in [3.8, 4) is 0 Å². The fourth-order valence-electron chi connectivity index (χ4n) is 8.10. The van der Waals surface area contributed by atoms with E-state index in [0.29, 0.717) is 18.7 Å². The molecule has 1 saturated heterocycles. The number of carboxylic acid groups (broad SMARTS) is 1. The van der Waals surface area contributed by atoms with Crippen molar-refractivity contribution in [2.24, 2.45) is 11.8 Å². The Labute approximate surface area is 347 Å². The Morgan fingerprint density at radius 2 is 1.22 bits per heavy atom. The summed E-state index contributed by atoms with van der Waals surface area (Å²) in [5, 5.41) is 26.5. The van der Waals surface area contributed by atoms with Gasteiger partial charge in [-0.2, -0.15) is 0 Å². The molecule has 11 rings (SSSR count). The molecule has 0 radical (unpaired) electrons. The number of thiophene rings is 2. The van der Waals surface area contributed by atoms with Crippen molar-refractivity contribution in [1.82, 2.24) is 48.9 Å². The van der Waals surface area contributed by atoms with Gasteiger partial charge in [-0.1, -0.05) is 8.98 Å². The smallest absolute Gasteiger partial charge is 0.306 e. The molecule has 58 heavy (non-hydrogen) atoms. The van der Waals surface area contributed by atoms with Crippen LogP contribution in [0.15, 0.2) is 49.1 Å². The summed E-state index contributed by atoms with van der Waals surface area (Å²) >= 11 is 6.03. The number of rotatable bonds is 6. The van der Waals surface area contributed by atoms with E-state index in [1.54, 1.807) is 35.3 Å². The number of benzene rings is 2. The molecule has 7 heterocycles. The van der Waals surface area contributed by atoms with Crippen LogP contribution in [0.25, 0.3) is 40.9 Å². The van der Waals surface area contributed by atoms with E-state index >= 15 is 0 Å². The van der Waals surface area contributed by atoms with E-state index in [4.69, 9.17) is 0 Å². The number of aryl methyl sites for hydroxylation is 2. The van der Waals surface area contributed by atoms with Crippen LogP contribution in [0.1, 0.15) is 33.7 Å². The van der Waals surface area contributed by atoms with Gasteiger partial charge in [0.05, 0.1) is 26.1 Å². The predicted octanol–water partition coefficient (Wildman–Crippen LogP) is 6.95. The van der Waals surface area contributed by atoms with Gasteiger partial charge in [-0.25, -0.2) is 19.9 Å². The van der Waals surface area contributed by atoms with Crippen molar-refractivity contribution in [1.29, 1.82) is 0 Å². The molecule has 3 N–H and O–H groups in total. The van der Waals surface area contributed by atoms with E-state index in [0.717, 1.165) is 121 Å². The monoisotopic (exact) mass is 848 g/mol. The van der Waals surface area contributed by atoms with E-state index in [-0.39, 0.29) is 11.8 Å². The summed E-state index contributed by atoms with van der Waals surface area (Å²) in [5.41, 5.74) is 6.14. The Hall–Kier alpha value is -5.34.